The van der Waals surface area contributed by atoms with Gasteiger partial charge < -0.3 is 9.88 Å². The number of aryl methyl sites for hydroxylation is 1. The quantitative estimate of drug-likeness (QED) is 0.167. The van der Waals surface area contributed by atoms with Crippen LogP contribution in [0, 0.1) is 12.8 Å². The summed E-state index contributed by atoms with van der Waals surface area (Å²) in [5, 5.41) is 3.91. The number of thiophene rings is 1. The SMILES string of the molecule is C#C.C/C=C\C1=C(C)C(C)(C)c2cc(-c3ccc(N(c4ccc5sc6ccccc6c5c4)c4ccc(-c5ccccc5)c5[nH]c6c(c45)CCC=C6)cc3)ccc21.CC. The number of rotatable bonds is 6. The van der Waals surface area contributed by atoms with Gasteiger partial charge in [0.15, 0.2) is 0 Å². The van der Waals surface area contributed by atoms with Gasteiger partial charge in [-0.05, 0) is 120 Å². The number of benzene rings is 6. The fourth-order valence-electron chi connectivity index (χ4n) is 8.93. The van der Waals surface area contributed by atoms with Crippen molar-refractivity contribution >= 4 is 71.1 Å². The number of terminal acetylenes is 1. The van der Waals surface area contributed by atoms with Crippen LogP contribution in [-0.2, 0) is 11.8 Å². The number of hydrogen-bond acceptors (Lipinski definition) is 2. The van der Waals surface area contributed by atoms with Crippen molar-refractivity contribution < 1.29 is 0 Å². The average Bonchev–Trinajstić information content (AvgIpc) is 3.91. The van der Waals surface area contributed by atoms with Crippen LogP contribution in [0.4, 0.5) is 17.1 Å². The lowest BCUT2D eigenvalue weighted by atomic mass is 9.81. The molecular weight excluding hydrogens is 721 g/mol. The molecular formula is C55H50N2S. The number of allylic oxidation sites excluding steroid dienone is 5. The van der Waals surface area contributed by atoms with E-state index in [1.54, 1.807) is 0 Å². The Morgan fingerprint density at radius 2 is 1.40 bits per heavy atom. The molecule has 0 aliphatic heterocycles. The highest BCUT2D eigenvalue weighted by Gasteiger charge is 2.34. The summed E-state index contributed by atoms with van der Waals surface area (Å²) in [5.41, 5.74) is 17.8. The largest absolute Gasteiger partial charge is 0.354 e. The van der Waals surface area contributed by atoms with Gasteiger partial charge in [-0.1, -0.05) is 130 Å². The van der Waals surface area contributed by atoms with Crippen LogP contribution in [0.2, 0.25) is 0 Å². The first-order chi connectivity index (χ1) is 28.4. The Hall–Kier alpha value is -6.34. The number of fused-ring (bicyclic) bond motifs is 7. The molecule has 0 radical (unpaired) electrons. The Labute approximate surface area is 347 Å². The molecule has 8 aromatic rings. The Bertz CT molecular complexity index is 2910. The highest BCUT2D eigenvalue weighted by molar-refractivity contribution is 7.25. The minimum absolute atomic E-state index is 0.0103. The summed E-state index contributed by atoms with van der Waals surface area (Å²) in [6, 6.07) is 47.5. The molecule has 2 aliphatic rings. The van der Waals surface area contributed by atoms with Crippen LogP contribution >= 0.6 is 11.3 Å². The number of hydrogen-bond donors (Lipinski definition) is 1. The highest BCUT2D eigenvalue weighted by atomic mass is 32.1. The summed E-state index contributed by atoms with van der Waals surface area (Å²) in [6.07, 6.45) is 19.0. The van der Waals surface area contributed by atoms with Gasteiger partial charge in [-0.15, -0.1) is 24.2 Å². The second kappa shape index (κ2) is 15.9. The maximum Gasteiger partial charge on any atom is 0.0562 e. The zero-order valence-electron chi connectivity index (χ0n) is 34.4. The summed E-state index contributed by atoms with van der Waals surface area (Å²) in [5.74, 6) is 0. The van der Waals surface area contributed by atoms with Crippen molar-refractivity contribution in [1.29, 1.82) is 0 Å². The topological polar surface area (TPSA) is 19.0 Å². The maximum atomic E-state index is 4.00. The second-order valence-electron chi connectivity index (χ2n) is 15.3. The van der Waals surface area contributed by atoms with Crippen LogP contribution in [0.3, 0.4) is 0 Å². The number of anilines is 3. The van der Waals surface area contributed by atoms with Gasteiger partial charge in [0, 0.05) is 53.6 Å². The normalized spacial score (nSPS) is 13.9. The molecule has 58 heavy (non-hydrogen) atoms. The Balaban J connectivity index is 0.00000114. The fourth-order valence-corrected chi connectivity index (χ4v) is 10.0. The van der Waals surface area contributed by atoms with Gasteiger partial charge in [0.25, 0.3) is 0 Å². The van der Waals surface area contributed by atoms with Crippen molar-refractivity contribution in [3.05, 3.63) is 174 Å². The monoisotopic (exact) mass is 770 g/mol. The smallest absolute Gasteiger partial charge is 0.0562 e. The predicted octanol–water partition coefficient (Wildman–Crippen LogP) is 16.2. The summed E-state index contributed by atoms with van der Waals surface area (Å²) < 4.78 is 2.63. The molecule has 2 aliphatic carbocycles. The van der Waals surface area contributed by atoms with Crippen LogP contribution in [0.25, 0.3) is 65.0 Å². The lowest BCUT2D eigenvalue weighted by molar-refractivity contribution is 0.639. The molecule has 10 rings (SSSR count). The van der Waals surface area contributed by atoms with Crippen molar-refractivity contribution in [1.82, 2.24) is 4.98 Å². The molecule has 2 aromatic heterocycles. The number of nitrogens with one attached hydrogen (secondary N) is 1. The van der Waals surface area contributed by atoms with E-state index in [1.807, 2.05) is 25.2 Å². The standard InChI is InChI=1S/C51H42N2S.C2H6.C2H2/c1-5-13-38-32(2)51(3,4)44-30-35(22-26-40(38)44)33-20-23-36(24-21-33)53(37-25-29-48-43(31-37)41-16-10-12-19-47(41)54-48)46-28-27-39(34-14-7-6-8-15-34)50-49(46)42-17-9-11-18-45(42)52-50;2*1-2/h5-8,10-16,18-31,52H,9,17H2,1-4H3;1-2H3;1-2H/b13-5-;;. The van der Waals surface area contributed by atoms with E-state index in [0.717, 1.165) is 24.2 Å². The molecule has 0 saturated heterocycles. The van der Waals surface area contributed by atoms with Crippen LogP contribution in [-0.4, -0.2) is 4.98 Å². The molecule has 1 N–H and O–H groups in total. The van der Waals surface area contributed by atoms with E-state index in [1.165, 1.54) is 92.5 Å². The fraction of sp³-hybridized carbons (Fsp3) is 0.164. The number of aromatic amines is 1. The maximum absolute atomic E-state index is 4.00. The Kier molecular flexibility index (Phi) is 10.6. The predicted molar refractivity (Wildman–Crippen MR) is 256 cm³/mol. The van der Waals surface area contributed by atoms with E-state index in [0.29, 0.717) is 0 Å². The molecule has 0 fully saturated rings. The number of nitrogens with zero attached hydrogens (tertiary/aromatic N) is 1. The molecule has 6 aromatic carbocycles. The molecule has 0 amide bonds. The zero-order valence-corrected chi connectivity index (χ0v) is 35.2. The van der Waals surface area contributed by atoms with Crippen molar-refractivity contribution in [2.45, 2.75) is 59.8 Å². The minimum atomic E-state index is -0.0103. The Morgan fingerprint density at radius 3 is 2.17 bits per heavy atom. The lowest BCUT2D eigenvalue weighted by Crippen LogP contribution is -2.15. The summed E-state index contributed by atoms with van der Waals surface area (Å²) in [7, 11) is 0. The first-order valence-corrected chi connectivity index (χ1v) is 21.3. The summed E-state index contributed by atoms with van der Waals surface area (Å²) >= 11 is 1.87. The van der Waals surface area contributed by atoms with Gasteiger partial charge in [0.05, 0.1) is 11.2 Å². The van der Waals surface area contributed by atoms with Crippen LogP contribution < -0.4 is 4.90 Å². The molecule has 3 heteroatoms. The second-order valence-corrected chi connectivity index (χ2v) is 16.4. The third kappa shape index (κ3) is 6.39. The van der Waals surface area contributed by atoms with Crippen molar-refractivity contribution in [2.75, 3.05) is 4.90 Å². The summed E-state index contributed by atoms with van der Waals surface area (Å²) in [6.45, 7) is 13.1. The van der Waals surface area contributed by atoms with Gasteiger partial charge in [-0.2, -0.15) is 0 Å². The summed E-state index contributed by atoms with van der Waals surface area (Å²) in [4.78, 5) is 6.37. The number of aromatic nitrogens is 1. The third-order valence-corrected chi connectivity index (χ3v) is 13.1. The van der Waals surface area contributed by atoms with Crippen LogP contribution in [0.5, 0.6) is 0 Å². The molecule has 0 saturated carbocycles. The number of H-pyrrole nitrogens is 1. The Morgan fingerprint density at radius 1 is 0.707 bits per heavy atom. The van der Waals surface area contributed by atoms with Gasteiger partial charge >= 0.3 is 0 Å². The molecule has 0 spiro atoms. The molecule has 286 valence electrons. The van der Waals surface area contributed by atoms with Crippen LogP contribution in [0.15, 0.2) is 151 Å². The average molecular weight is 771 g/mol. The van der Waals surface area contributed by atoms with Crippen LogP contribution in [0.1, 0.15) is 70.3 Å². The van der Waals surface area contributed by atoms with Gasteiger partial charge in [-0.3, -0.25) is 0 Å². The lowest BCUT2D eigenvalue weighted by Gasteiger charge is -2.28. The molecule has 0 bridgehead atoms. The van der Waals surface area contributed by atoms with E-state index in [2.05, 4.69) is 202 Å². The van der Waals surface area contributed by atoms with Gasteiger partial charge in [-0.25, -0.2) is 0 Å². The van der Waals surface area contributed by atoms with E-state index >= 15 is 0 Å². The van der Waals surface area contributed by atoms with Crippen molar-refractivity contribution in [3.63, 3.8) is 0 Å². The van der Waals surface area contributed by atoms with Gasteiger partial charge in [0.2, 0.25) is 0 Å². The third-order valence-electron chi connectivity index (χ3n) is 12.0. The molecule has 0 atom stereocenters. The molecule has 0 unspecified atom stereocenters. The first-order valence-electron chi connectivity index (χ1n) is 20.4. The molecule has 2 heterocycles. The zero-order chi connectivity index (χ0) is 40.6. The minimum Gasteiger partial charge on any atom is -0.354 e. The van der Waals surface area contributed by atoms with Crippen molar-refractivity contribution in [3.8, 4) is 35.1 Å². The van der Waals surface area contributed by atoms with Gasteiger partial charge in [0.1, 0.15) is 0 Å². The highest BCUT2D eigenvalue weighted by Crippen LogP contribution is 2.49. The van der Waals surface area contributed by atoms with E-state index in [-0.39, 0.29) is 5.41 Å². The molecule has 2 nitrogen and oxygen atoms in total. The first kappa shape index (κ1) is 38.5. The van der Waals surface area contributed by atoms with Crippen molar-refractivity contribution in [2.24, 2.45) is 0 Å². The van der Waals surface area contributed by atoms with E-state index in [9.17, 15) is 0 Å². The van der Waals surface area contributed by atoms with E-state index < -0.39 is 0 Å². The van der Waals surface area contributed by atoms with E-state index in [4.69, 9.17) is 0 Å².